The number of aliphatic hydroxyl groups is 1. The fourth-order valence-electron chi connectivity index (χ4n) is 1.15. The zero-order valence-electron chi connectivity index (χ0n) is 6.14. The second-order valence-corrected chi connectivity index (χ2v) is 2.27. The minimum absolute atomic E-state index is 0. The standard InChI is InChI=1S/C6H13NO.K/c8-6-5-7-3-1-2-4-7;/h8H,1-6H2;. The molecule has 2 nitrogen and oxygen atoms in total. The van der Waals surface area contributed by atoms with Gasteiger partial charge in [0.1, 0.15) is 0 Å². The average Bonchev–Trinajstić information content (AvgIpc) is 2.19. The van der Waals surface area contributed by atoms with Crippen LogP contribution < -0.4 is 0 Å². The van der Waals surface area contributed by atoms with E-state index in [9.17, 15) is 0 Å². The topological polar surface area (TPSA) is 23.5 Å². The quantitative estimate of drug-likeness (QED) is 0.552. The Morgan fingerprint density at radius 3 is 2.22 bits per heavy atom. The van der Waals surface area contributed by atoms with Gasteiger partial charge >= 0.3 is 0 Å². The van der Waals surface area contributed by atoms with Crippen LogP contribution in [0.15, 0.2) is 0 Å². The van der Waals surface area contributed by atoms with Crippen molar-refractivity contribution in [1.29, 1.82) is 0 Å². The van der Waals surface area contributed by atoms with E-state index in [2.05, 4.69) is 4.90 Å². The van der Waals surface area contributed by atoms with E-state index in [4.69, 9.17) is 5.11 Å². The second-order valence-electron chi connectivity index (χ2n) is 2.27. The fourth-order valence-corrected chi connectivity index (χ4v) is 1.15. The van der Waals surface area contributed by atoms with Crippen molar-refractivity contribution in [1.82, 2.24) is 4.90 Å². The Hall–Kier alpha value is 1.56. The van der Waals surface area contributed by atoms with E-state index in [-0.39, 0.29) is 51.4 Å². The molecule has 0 atom stereocenters. The van der Waals surface area contributed by atoms with Gasteiger partial charge in [0.15, 0.2) is 0 Å². The molecule has 1 heterocycles. The summed E-state index contributed by atoms with van der Waals surface area (Å²) in [6, 6.07) is 0. The molecule has 0 saturated carbocycles. The molecule has 3 heteroatoms. The van der Waals surface area contributed by atoms with Gasteiger partial charge in [0.2, 0.25) is 0 Å². The van der Waals surface area contributed by atoms with Gasteiger partial charge < -0.3 is 10.0 Å². The monoisotopic (exact) mass is 154 g/mol. The Kier molecular flexibility index (Phi) is 7.36. The van der Waals surface area contributed by atoms with Crippen LogP contribution in [0, 0.1) is 0 Å². The summed E-state index contributed by atoms with van der Waals surface area (Å²) in [6.45, 7) is 3.58. The van der Waals surface area contributed by atoms with Gasteiger partial charge in [-0.05, 0) is 25.9 Å². The number of rotatable bonds is 2. The third kappa shape index (κ3) is 4.09. The van der Waals surface area contributed by atoms with Crippen LogP contribution in [0.1, 0.15) is 12.8 Å². The van der Waals surface area contributed by atoms with Gasteiger partial charge in [-0.1, -0.05) is 0 Å². The van der Waals surface area contributed by atoms with Crippen molar-refractivity contribution in [3.8, 4) is 0 Å². The van der Waals surface area contributed by atoms with Crippen molar-refractivity contribution in [3.63, 3.8) is 0 Å². The van der Waals surface area contributed by atoms with E-state index in [1.165, 1.54) is 25.9 Å². The van der Waals surface area contributed by atoms with E-state index < -0.39 is 0 Å². The smallest absolute Gasteiger partial charge is 0.0558 e. The van der Waals surface area contributed by atoms with Crippen molar-refractivity contribution in [2.45, 2.75) is 12.8 Å². The maximum atomic E-state index is 8.48. The first-order chi connectivity index (χ1) is 3.93. The van der Waals surface area contributed by atoms with E-state index >= 15 is 0 Å². The molecule has 1 radical (unpaired) electrons. The predicted octanol–water partition coefficient (Wildman–Crippen LogP) is -0.306. The van der Waals surface area contributed by atoms with E-state index in [1.807, 2.05) is 0 Å². The van der Waals surface area contributed by atoms with E-state index in [0.717, 1.165) is 6.54 Å². The summed E-state index contributed by atoms with van der Waals surface area (Å²) < 4.78 is 0. The summed E-state index contributed by atoms with van der Waals surface area (Å²) in [7, 11) is 0. The Morgan fingerprint density at radius 2 is 1.78 bits per heavy atom. The zero-order chi connectivity index (χ0) is 5.82. The molecule has 1 aliphatic heterocycles. The molecule has 0 spiro atoms. The summed E-state index contributed by atoms with van der Waals surface area (Å²) >= 11 is 0. The summed E-state index contributed by atoms with van der Waals surface area (Å²) in [5.74, 6) is 0. The van der Waals surface area contributed by atoms with Crippen molar-refractivity contribution in [3.05, 3.63) is 0 Å². The van der Waals surface area contributed by atoms with E-state index in [1.54, 1.807) is 0 Å². The number of aliphatic hydroxyl groups excluding tert-OH is 1. The first kappa shape index (κ1) is 10.6. The van der Waals surface area contributed by atoms with Crippen LogP contribution in [0.4, 0.5) is 0 Å². The molecule has 1 N–H and O–H groups in total. The zero-order valence-corrected chi connectivity index (χ0v) is 9.26. The van der Waals surface area contributed by atoms with Gasteiger partial charge in [-0.2, -0.15) is 0 Å². The molecule has 0 amide bonds. The summed E-state index contributed by atoms with van der Waals surface area (Å²) in [5, 5.41) is 8.48. The molecule has 0 aromatic heterocycles. The average molecular weight is 154 g/mol. The second kappa shape index (κ2) is 6.28. The van der Waals surface area contributed by atoms with Gasteiger partial charge in [0.05, 0.1) is 6.61 Å². The van der Waals surface area contributed by atoms with Gasteiger partial charge in [-0.3, -0.25) is 0 Å². The molecule has 1 aliphatic rings. The number of β-amino-alcohol motifs (C(OH)–C–C–N with tert-alkyl or cyclic N) is 1. The minimum atomic E-state index is 0. The first-order valence-corrected chi connectivity index (χ1v) is 3.26. The normalized spacial score (nSPS) is 19.7. The maximum absolute atomic E-state index is 8.48. The molecule has 1 fully saturated rings. The van der Waals surface area contributed by atoms with Gasteiger partial charge in [-0.25, -0.2) is 0 Å². The Balaban J connectivity index is 0.000000640. The van der Waals surface area contributed by atoms with Crippen molar-refractivity contribution >= 4 is 51.4 Å². The van der Waals surface area contributed by atoms with Gasteiger partial charge in [0.25, 0.3) is 0 Å². The molecular formula is C6H13KNO. The van der Waals surface area contributed by atoms with Crippen LogP contribution in [-0.2, 0) is 0 Å². The van der Waals surface area contributed by atoms with Crippen LogP contribution in [-0.4, -0.2) is 87.6 Å². The first-order valence-electron chi connectivity index (χ1n) is 3.26. The summed E-state index contributed by atoms with van der Waals surface area (Å²) in [6.07, 6.45) is 2.64. The summed E-state index contributed by atoms with van der Waals surface area (Å²) in [5.41, 5.74) is 0. The molecule has 49 valence electrons. The number of nitrogens with zero attached hydrogens (tertiary/aromatic N) is 1. The molecule has 0 aliphatic carbocycles. The van der Waals surface area contributed by atoms with Crippen molar-refractivity contribution in [2.75, 3.05) is 26.2 Å². The van der Waals surface area contributed by atoms with E-state index in [0.29, 0.717) is 6.61 Å². The molecule has 0 aromatic rings. The number of hydrogen-bond acceptors (Lipinski definition) is 2. The van der Waals surface area contributed by atoms with Crippen molar-refractivity contribution < 1.29 is 5.11 Å². The number of likely N-dealkylation sites (tertiary alicyclic amines) is 1. The molecule has 0 bridgehead atoms. The molecule has 1 rings (SSSR count). The fraction of sp³-hybridized carbons (Fsp3) is 1.00. The summed E-state index contributed by atoms with van der Waals surface area (Å²) in [4.78, 5) is 2.29. The predicted molar refractivity (Wildman–Crippen MR) is 38.5 cm³/mol. The van der Waals surface area contributed by atoms with Crippen LogP contribution >= 0.6 is 0 Å². The van der Waals surface area contributed by atoms with Crippen LogP contribution in [0.3, 0.4) is 0 Å². The number of hydrogen-bond donors (Lipinski definition) is 1. The van der Waals surface area contributed by atoms with Crippen LogP contribution in [0.5, 0.6) is 0 Å². The molecule has 0 aromatic carbocycles. The molecular weight excluding hydrogens is 141 g/mol. The molecule has 0 unspecified atom stereocenters. The molecule has 1 saturated heterocycles. The van der Waals surface area contributed by atoms with Gasteiger partial charge in [0, 0.05) is 57.9 Å². The SMILES string of the molecule is OCCN1CCCC1.[K]. The Morgan fingerprint density at radius 1 is 1.22 bits per heavy atom. The van der Waals surface area contributed by atoms with Crippen molar-refractivity contribution in [2.24, 2.45) is 0 Å². The third-order valence-electron chi connectivity index (χ3n) is 1.61. The Labute approximate surface area is 99.0 Å². The van der Waals surface area contributed by atoms with Gasteiger partial charge in [-0.15, -0.1) is 0 Å². The third-order valence-corrected chi connectivity index (χ3v) is 1.61. The minimum Gasteiger partial charge on any atom is -0.395 e. The molecule has 9 heavy (non-hydrogen) atoms. The van der Waals surface area contributed by atoms with Crippen LogP contribution in [0.25, 0.3) is 0 Å². The maximum Gasteiger partial charge on any atom is 0.0558 e. The largest absolute Gasteiger partial charge is 0.395 e. The van der Waals surface area contributed by atoms with Crippen LogP contribution in [0.2, 0.25) is 0 Å². The Bertz CT molecular complexity index is 64.1.